The second-order valence-corrected chi connectivity index (χ2v) is 38.3. The van der Waals surface area contributed by atoms with Crippen LogP contribution in [-0.2, 0) is 77.6 Å². The van der Waals surface area contributed by atoms with Crippen LogP contribution in [-0.4, -0.2) is 134 Å². The van der Waals surface area contributed by atoms with Crippen molar-refractivity contribution < 1.29 is 106 Å². The zero-order valence-electron chi connectivity index (χ0n) is 50.8. The van der Waals surface area contributed by atoms with Gasteiger partial charge in [0.2, 0.25) is 0 Å². The Morgan fingerprint density at radius 3 is 1.49 bits per heavy atom. The number of fused-ring (bicyclic) bond motifs is 2. The van der Waals surface area contributed by atoms with Crippen molar-refractivity contribution in [2.75, 3.05) is 39.8 Å². The molecule has 0 amide bonds. The second-order valence-electron chi connectivity index (χ2n) is 23.3. The van der Waals surface area contributed by atoms with E-state index in [0.29, 0.717) is 71.1 Å². The standard InChI is InChI=1S/C34H55O11PSi2.C24H31O11P/c1-23(14-15-27-30(41-4)24(2)28-22-44-34(38)29(28)31(27)42-16-19-47(5,6)7)21-26(33(37)43-17-20-48(8,9)10)13-11-12-18-46(39,40)45-25(3)32(35)36;1-13(8-9-17-20(25)19-18(12-34-24(19)30)14(2)21(17)33-4)11-16(23(28)29)7-5-6-10-36(31,32)35-15(3)22(26)27/h11-12,14,25-26H,13,15-22H2,1-10H3,(H,35,36)(H,39,40);5-6,8,15-16,25H,7,9-12H2,1-4H3,(H,26,27)(H,28,29)(H,31,32)/b12-11+,23-14+;6-5+,13-8+/t25-,26?;15-,16?/m00/s1. The number of carbonyl (C=O) groups is 6. The first kappa shape index (κ1) is 72.4. The minimum atomic E-state index is -4.18. The van der Waals surface area contributed by atoms with E-state index in [-0.39, 0.29) is 56.2 Å². The molecule has 0 aromatic heterocycles. The summed E-state index contributed by atoms with van der Waals surface area (Å²) in [6.07, 6.45) is 7.20. The molecule has 0 saturated heterocycles. The van der Waals surface area contributed by atoms with Crippen LogP contribution >= 0.6 is 15.2 Å². The smallest absolute Gasteiger partial charge is 0.342 e. The molecular formula is C58H86O22P2Si2. The van der Waals surface area contributed by atoms with Gasteiger partial charge < -0.3 is 58.6 Å². The van der Waals surface area contributed by atoms with E-state index in [1.165, 1.54) is 32.3 Å². The number of hydrogen-bond donors (Lipinski definition) is 6. The monoisotopic (exact) mass is 1250 g/mol. The van der Waals surface area contributed by atoms with E-state index in [9.17, 15) is 57.9 Å². The lowest BCUT2D eigenvalue weighted by atomic mass is 9.93. The molecule has 2 heterocycles. The fraction of sp³-hybridized carbons (Fsp3) is 0.552. The molecule has 2 aromatic rings. The maximum atomic E-state index is 13.3. The summed E-state index contributed by atoms with van der Waals surface area (Å²) in [5.41, 5.74) is 6.18. The quantitative estimate of drug-likeness (QED) is 0.0127. The van der Waals surface area contributed by atoms with Crippen molar-refractivity contribution in [2.45, 2.75) is 157 Å². The molecule has 4 rings (SSSR count). The zero-order valence-corrected chi connectivity index (χ0v) is 54.6. The minimum Gasteiger partial charge on any atom is -0.507 e. The van der Waals surface area contributed by atoms with Crippen molar-refractivity contribution in [3.63, 3.8) is 0 Å². The lowest BCUT2D eigenvalue weighted by Crippen LogP contribution is -2.25. The van der Waals surface area contributed by atoms with Crippen molar-refractivity contribution in [1.82, 2.24) is 0 Å². The number of esters is 3. The Labute approximate surface area is 494 Å². The first-order valence-corrected chi connectivity index (χ1v) is 38.5. The zero-order chi connectivity index (χ0) is 63.7. The number of hydrogen-bond acceptors (Lipinski definition) is 17. The summed E-state index contributed by atoms with van der Waals surface area (Å²) in [4.78, 5) is 91.4. The van der Waals surface area contributed by atoms with Crippen LogP contribution in [0.15, 0.2) is 47.6 Å². The molecule has 0 aliphatic carbocycles. The van der Waals surface area contributed by atoms with Gasteiger partial charge in [0.15, 0.2) is 12.2 Å². The van der Waals surface area contributed by atoms with Crippen LogP contribution in [0.2, 0.25) is 51.4 Å². The number of carboxylic acids is 3. The number of benzene rings is 2. The molecule has 0 spiro atoms. The van der Waals surface area contributed by atoms with Gasteiger partial charge in [0.05, 0.1) is 51.6 Å². The summed E-state index contributed by atoms with van der Waals surface area (Å²) in [6, 6.07) is 1.73. The number of aliphatic carboxylic acids is 3. The highest BCUT2D eigenvalue weighted by molar-refractivity contribution is 7.53. The van der Waals surface area contributed by atoms with E-state index in [0.717, 1.165) is 41.3 Å². The number of rotatable bonds is 33. The Kier molecular flexibility index (Phi) is 27.6. The Balaban J connectivity index is 0.000000458. The molecule has 22 nitrogen and oxygen atoms in total. The van der Waals surface area contributed by atoms with Gasteiger partial charge in [0, 0.05) is 38.4 Å². The second kappa shape index (κ2) is 32.1. The number of carbonyl (C=O) groups excluding carboxylic acids is 3. The molecule has 26 heteroatoms. The molecule has 2 aromatic carbocycles. The van der Waals surface area contributed by atoms with Crippen LogP contribution in [0.1, 0.15) is 107 Å². The van der Waals surface area contributed by atoms with E-state index in [2.05, 4.69) is 43.8 Å². The molecule has 2 aliphatic heterocycles. The lowest BCUT2D eigenvalue weighted by Gasteiger charge is -2.22. The minimum absolute atomic E-state index is 0.0589. The highest BCUT2D eigenvalue weighted by Gasteiger charge is 2.35. The average molecular weight is 1250 g/mol. The van der Waals surface area contributed by atoms with E-state index in [4.69, 9.17) is 43.2 Å². The Morgan fingerprint density at radius 1 is 0.619 bits per heavy atom. The van der Waals surface area contributed by atoms with Crippen LogP contribution in [0.4, 0.5) is 0 Å². The number of cyclic esters (lactones) is 2. The van der Waals surface area contributed by atoms with Gasteiger partial charge in [-0.1, -0.05) is 86.9 Å². The molecular weight excluding hydrogens is 1170 g/mol. The summed E-state index contributed by atoms with van der Waals surface area (Å²) >= 11 is 0. The first-order valence-electron chi connectivity index (χ1n) is 27.5. The van der Waals surface area contributed by atoms with Crippen LogP contribution in [0.5, 0.6) is 23.0 Å². The average Bonchev–Trinajstić information content (AvgIpc) is 3.99. The molecule has 2 aliphatic rings. The number of carboxylic acid groups (broad SMARTS) is 3. The molecule has 6 N–H and O–H groups in total. The molecule has 468 valence electrons. The van der Waals surface area contributed by atoms with Gasteiger partial charge in [-0.15, -0.1) is 0 Å². The Morgan fingerprint density at radius 2 is 1.04 bits per heavy atom. The van der Waals surface area contributed by atoms with Gasteiger partial charge in [-0.05, 0) is 103 Å². The van der Waals surface area contributed by atoms with Crippen molar-refractivity contribution in [1.29, 1.82) is 0 Å². The van der Waals surface area contributed by atoms with Crippen LogP contribution in [0, 0.1) is 25.7 Å². The molecule has 0 saturated carbocycles. The number of aromatic hydroxyl groups is 1. The van der Waals surface area contributed by atoms with E-state index in [1.54, 1.807) is 33.1 Å². The number of phenols is 1. The highest BCUT2D eigenvalue weighted by Crippen LogP contribution is 2.46. The van der Waals surface area contributed by atoms with Gasteiger partial charge >= 0.3 is 51.0 Å². The third-order valence-electron chi connectivity index (χ3n) is 13.8. The largest absolute Gasteiger partial charge is 0.507 e. The molecule has 84 heavy (non-hydrogen) atoms. The number of methoxy groups -OCH3 is 2. The van der Waals surface area contributed by atoms with Crippen LogP contribution in [0.25, 0.3) is 0 Å². The van der Waals surface area contributed by atoms with Crippen LogP contribution in [0.3, 0.4) is 0 Å². The fourth-order valence-corrected chi connectivity index (χ4v) is 12.5. The van der Waals surface area contributed by atoms with Crippen molar-refractivity contribution in [3.8, 4) is 23.0 Å². The molecule has 6 atom stereocenters. The first-order chi connectivity index (χ1) is 38.9. The van der Waals surface area contributed by atoms with Crippen molar-refractivity contribution in [2.24, 2.45) is 11.8 Å². The van der Waals surface area contributed by atoms with Gasteiger partial charge in [-0.2, -0.15) is 0 Å². The number of allylic oxidation sites excluding steroid dienone is 8. The molecule has 0 bridgehead atoms. The molecule has 0 fully saturated rings. The number of ether oxygens (including phenoxy) is 6. The Hall–Kier alpha value is -5.85. The predicted octanol–water partition coefficient (Wildman–Crippen LogP) is 11.0. The summed E-state index contributed by atoms with van der Waals surface area (Å²) in [5, 5.41) is 38.0. The lowest BCUT2D eigenvalue weighted by molar-refractivity contribution is -0.148. The molecule has 4 unspecified atom stereocenters. The third-order valence-corrected chi connectivity index (χ3v) is 19.8. The van der Waals surface area contributed by atoms with Gasteiger partial charge in [0.25, 0.3) is 0 Å². The fourth-order valence-electron chi connectivity index (χ4n) is 8.87. The van der Waals surface area contributed by atoms with Crippen molar-refractivity contribution >= 4 is 67.2 Å². The number of phenolic OH excluding ortho intramolecular Hbond substituents is 1. The SMILES string of the molecule is COc1c(C)c2c(c(O)c1C/C=C(\C)CC(C/C=C/CP(=O)(O)O[C@@H](C)C(=O)O)C(=O)O)C(=O)OC2.COc1c(C)c2c(c(OCC[Si](C)(C)C)c1C/C=C(\C)CC(C/C=C/CP(=O)(O)O[C@@H](C)C(=O)O)C(=O)OCC[Si](C)(C)C)C(=O)OC2. The topological polar surface area (TPSA) is 332 Å². The Bertz CT molecular complexity index is 2950. The van der Waals surface area contributed by atoms with Gasteiger partial charge in [-0.25, -0.2) is 19.2 Å². The highest BCUT2D eigenvalue weighted by atomic mass is 31.2. The summed E-state index contributed by atoms with van der Waals surface area (Å²) in [5.74, 6) is -5.23. The van der Waals surface area contributed by atoms with Gasteiger partial charge in [0.1, 0.15) is 47.3 Å². The molecule has 0 radical (unpaired) electrons. The van der Waals surface area contributed by atoms with Crippen LogP contribution < -0.4 is 14.2 Å². The predicted molar refractivity (Wildman–Crippen MR) is 320 cm³/mol. The maximum absolute atomic E-state index is 13.3. The summed E-state index contributed by atoms with van der Waals surface area (Å²) in [7, 11) is -8.17. The summed E-state index contributed by atoms with van der Waals surface area (Å²) < 4.78 is 67.4. The van der Waals surface area contributed by atoms with Crippen molar-refractivity contribution in [3.05, 3.63) is 92.1 Å². The van der Waals surface area contributed by atoms with E-state index in [1.807, 2.05) is 19.9 Å². The van der Waals surface area contributed by atoms with E-state index >= 15 is 0 Å². The normalized spacial score (nSPS) is 16.5. The maximum Gasteiger partial charge on any atom is 0.342 e. The third kappa shape index (κ3) is 22.5. The van der Waals surface area contributed by atoms with Gasteiger partial charge in [-0.3, -0.25) is 27.8 Å². The summed E-state index contributed by atoms with van der Waals surface area (Å²) in [6.45, 7) is 24.0. The van der Waals surface area contributed by atoms with E-state index < -0.39 is 97.6 Å².